The fourth-order valence-corrected chi connectivity index (χ4v) is 0.318. The molecule has 0 atom stereocenters. The molecule has 0 N–H and O–H groups in total. The Morgan fingerprint density at radius 2 is 2.43 bits per heavy atom. The second-order valence-corrected chi connectivity index (χ2v) is 1.36. The van der Waals surface area contributed by atoms with Gasteiger partial charge >= 0.3 is 0 Å². The van der Waals surface area contributed by atoms with E-state index in [1.54, 1.807) is 6.08 Å². The van der Waals surface area contributed by atoms with Gasteiger partial charge in [0.05, 0.1) is 0 Å². The summed E-state index contributed by atoms with van der Waals surface area (Å²) in [5.41, 5.74) is 0. The summed E-state index contributed by atoms with van der Waals surface area (Å²) in [5.74, 6) is 2.42. The molecule has 0 rings (SSSR count). The third-order valence-electron chi connectivity index (χ3n) is 0.669. The summed E-state index contributed by atoms with van der Waals surface area (Å²) >= 11 is 0. The molecule has 0 fully saturated rings. The molecule has 0 aliphatic heterocycles. The van der Waals surface area contributed by atoms with E-state index in [9.17, 15) is 0 Å². The van der Waals surface area contributed by atoms with Crippen LogP contribution in [-0.2, 0) is 0 Å². The quantitative estimate of drug-likeness (QED) is 0.459. The second kappa shape index (κ2) is 5.30. The van der Waals surface area contributed by atoms with Crippen molar-refractivity contribution in [2.45, 2.75) is 19.8 Å². The highest BCUT2D eigenvalue weighted by molar-refractivity contribution is 5.08. The molecule has 0 bridgehead atoms. The van der Waals surface area contributed by atoms with Crippen molar-refractivity contribution in [1.29, 1.82) is 0 Å². The Morgan fingerprint density at radius 3 is 2.86 bits per heavy atom. The molecule has 0 aromatic heterocycles. The van der Waals surface area contributed by atoms with Crippen LogP contribution >= 0.6 is 0 Å². The van der Waals surface area contributed by atoms with Gasteiger partial charge in [-0.3, -0.25) is 0 Å². The fraction of sp³-hybridized carbons (Fsp3) is 0.429. The maximum absolute atomic E-state index is 4.93. The van der Waals surface area contributed by atoms with Crippen molar-refractivity contribution in [3.8, 4) is 12.3 Å². The van der Waals surface area contributed by atoms with Gasteiger partial charge in [0.15, 0.2) is 0 Å². The average molecular weight is 94.2 g/mol. The van der Waals surface area contributed by atoms with E-state index in [1.807, 2.05) is 6.08 Å². The van der Waals surface area contributed by atoms with Crippen molar-refractivity contribution in [3.05, 3.63) is 12.2 Å². The van der Waals surface area contributed by atoms with Crippen LogP contribution in [-0.4, -0.2) is 0 Å². The van der Waals surface area contributed by atoms with Gasteiger partial charge in [-0.15, -0.1) is 6.42 Å². The van der Waals surface area contributed by atoms with Crippen LogP contribution in [0.15, 0.2) is 12.2 Å². The topological polar surface area (TPSA) is 0 Å². The van der Waals surface area contributed by atoms with Crippen molar-refractivity contribution in [1.82, 2.24) is 0 Å². The molecule has 0 nitrogen and oxygen atoms in total. The molecule has 0 saturated carbocycles. The maximum Gasteiger partial charge on any atom is -0.0162 e. The van der Waals surface area contributed by atoms with Gasteiger partial charge in [-0.1, -0.05) is 25.3 Å². The molecular weight excluding hydrogens is 84.1 g/mol. The predicted octanol–water partition coefficient (Wildman–Crippen LogP) is 1.98. The van der Waals surface area contributed by atoms with Crippen molar-refractivity contribution in [2.75, 3.05) is 0 Å². The number of rotatable bonds is 2. The Morgan fingerprint density at radius 1 is 1.71 bits per heavy atom. The van der Waals surface area contributed by atoms with Crippen molar-refractivity contribution in [3.63, 3.8) is 0 Å². The van der Waals surface area contributed by atoms with E-state index in [4.69, 9.17) is 6.42 Å². The molecule has 0 radical (unpaired) electrons. The van der Waals surface area contributed by atoms with Crippen LogP contribution in [0.25, 0.3) is 0 Å². The van der Waals surface area contributed by atoms with Gasteiger partial charge in [0.1, 0.15) is 0 Å². The van der Waals surface area contributed by atoms with Gasteiger partial charge in [0, 0.05) is 0 Å². The van der Waals surface area contributed by atoms with Crippen LogP contribution in [0.4, 0.5) is 0 Å². The monoisotopic (exact) mass is 94.1 g/mol. The molecular formula is C7H10. The lowest BCUT2D eigenvalue weighted by Gasteiger charge is -1.76. The van der Waals surface area contributed by atoms with E-state index in [0.717, 1.165) is 6.42 Å². The van der Waals surface area contributed by atoms with Crippen LogP contribution < -0.4 is 0 Å². The van der Waals surface area contributed by atoms with Gasteiger partial charge in [-0.25, -0.2) is 0 Å². The summed E-state index contributed by atoms with van der Waals surface area (Å²) in [6.45, 7) is 2.13. The third-order valence-corrected chi connectivity index (χ3v) is 0.669. The lowest BCUT2D eigenvalue weighted by molar-refractivity contribution is 0.959. The molecule has 0 heteroatoms. The maximum atomic E-state index is 4.93. The van der Waals surface area contributed by atoms with Crippen LogP contribution in [0.2, 0.25) is 0 Å². The zero-order chi connectivity index (χ0) is 5.54. The lowest BCUT2D eigenvalue weighted by Crippen LogP contribution is -1.57. The average Bonchev–Trinajstić information content (AvgIpc) is 1.69. The number of hydrogen-bond acceptors (Lipinski definition) is 0. The summed E-state index contributed by atoms with van der Waals surface area (Å²) in [5, 5.41) is 0. The minimum absolute atomic E-state index is 1.10. The van der Waals surface area contributed by atoms with Crippen molar-refractivity contribution >= 4 is 0 Å². The third kappa shape index (κ3) is 5.30. The lowest BCUT2D eigenvalue weighted by atomic mass is 10.3. The summed E-state index contributed by atoms with van der Waals surface area (Å²) in [6, 6.07) is 0. The van der Waals surface area contributed by atoms with Crippen LogP contribution in [0.3, 0.4) is 0 Å². The Balaban J connectivity index is 2.97. The molecule has 0 aliphatic rings. The first kappa shape index (κ1) is 6.30. The molecule has 0 saturated heterocycles. The molecule has 0 heterocycles. The number of hydrogen-bond donors (Lipinski definition) is 0. The Hall–Kier alpha value is -0.700. The van der Waals surface area contributed by atoms with Crippen molar-refractivity contribution in [2.24, 2.45) is 0 Å². The van der Waals surface area contributed by atoms with Gasteiger partial charge < -0.3 is 0 Å². The SMILES string of the molecule is C#C/C=C\CCC. The van der Waals surface area contributed by atoms with Gasteiger partial charge in [-0.05, 0) is 12.5 Å². The molecule has 0 amide bonds. The Kier molecular flexibility index (Phi) is 4.77. The van der Waals surface area contributed by atoms with E-state index < -0.39 is 0 Å². The molecule has 7 heavy (non-hydrogen) atoms. The Labute approximate surface area is 45.2 Å². The van der Waals surface area contributed by atoms with E-state index in [-0.39, 0.29) is 0 Å². The highest BCUT2D eigenvalue weighted by atomic mass is 13.7. The minimum Gasteiger partial charge on any atom is -0.115 e. The molecule has 0 aromatic rings. The fourth-order valence-electron chi connectivity index (χ4n) is 0.318. The zero-order valence-electron chi connectivity index (χ0n) is 4.65. The first-order chi connectivity index (χ1) is 3.41. The summed E-state index contributed by atoms with van der Waals surface area (Å²) in [6.07, 6.45) is 11.0. The predicted molar refractivity (Wildman–Crippen MR) is 32.9 cm³/mol. The highest BCUT2D eigenvalue weighted by Gasteiger charge is 1.66. The van der Waals surface area contributed by atoms with Crippen molar-refractivity contribution < 1.29 is 0 Å². The summed E-state index contributed by atoms with van der Waals surface area (Å²) in [4.78, 5) is 0. The smallest absolute Gasteiger partial charge is 0.0162 e. The first-order valence-electron chi connectivity index (χ1n) is 2.53. The Bertz CT molecular complexity index is 82.7. The largest absolute Gasteiger partial charge is 0.115 e. The zero-order valence-corrected chi connectivity index (χ0v) is 4.65. The number of terminal acetylenes is 1. The van der Waals surface area contributed by atoms with Crippen LogP contribution in [0.5, 0.6) is 0 Å². The van der Waals surface area contributed by atoms with Gasteiger partial charge in [0.25, 0.3) is 0 Å². The standard InChI is InChI=1S/C7H10/c1-3-5-7-6-4-2/h1,5,7H,4,6H2,2H3/b7-5-. The molecule has 0 aromatic carbocycles. The van der Waals surface area contributed by atoms with E-state index in [0.29, 0.717) is 0 Å². The van der Waals surface area contributed by atoms with E-state index in [1.165, 1.54) is 6.42 Å². The number of unbranched alkanes of at least 4 members (excludes halogenated alkanes) is 1. The summed E-state index contributed by atoms with van der Waals surface area (Å²) < 4.78 is 0. The normalized spacial score (nSPS) is 9.14. The van der Waals surface area contributed by atoms with Gasteiger partial charge in [-0.2, -0.15) is 0 Å². The van der Waals surface area contributed by atoms with Crippen LogP contribution in [0.1, 0.15) is 19.8 Å². The van der Waals surface area contributed by atoms with Crippen LogP contribution in [0, 0.1) is 12.3 Å². The van der Waals surface area contributed by atoms with Gasteiger partial charge in [0.2, 0.25) is 0 Å². The van der Waals surface area contributed by atoms with E-state index >= 15 is 0 Å². The first-order valence-corrected chi connectivity index (χ1v) is 2.53. The minimum atomic E-state index is 1.10. The molecule has 38 valence electrons. The molecule has 0 unspecified atom stereocenters. The summed E-state index contributed by atoms with van der Waals surface area (Å²) in [7, 11) is 0. The number of allylic oxidation sites excluding steroid dienone is 2. The molecule has 0 spiro atoms. The molecule has 0 aliphatic carbocycles. The second-order valence-electron chi connectivity index (χ2n) is 1.36. The highest BCUT2D eigenvalue weighted by Crippen LogP contribution is 1.85. The van der Waals surface area contributed by atoms with E-state index in [2.05, 4.69) is 12.8 Å².